The van der Waals surface area contributed by atoms with Crippen molar-refractivity contribution >= 4 is 34.2 Å². The molecule has 2 aromatic rings. The number of aliphatic hydroxyl groups excluding tert-OH is 1. The van der Waals surface area contributed by atoms with E-state index < -0.39 is 33.7 Å². The van der Waals surface area contributed by atoms with Crippen LogP contribution >= 0.6 is 11.6 Å². The van der Waals surface area contributed by atoms with Gasteiger partial charge in [-0.3, -0.25) is 4.21 Å². The highest BCUT2D eigenvalue weighted by molar-refractivity contribution is 7.85. The Kier molecular flexibility index (Phi) is 5.53. The summed E-state index contributed by atoms with van der Waals surface area (Å²) in [4.78, 5) is 19.1. The predicted molar refractivity (Wildman–Crippen MR) is 116 cm³/mol. The largest absolute Gasteiger partial charge is 0.394 e. The van der Waals surface area contributed by atoms with Crippen LogP contribution in [0.2, 0.25) is 5.02 Å². The second-order valence-electron chi connectivity index (χ2n) is 8.68. The van der Waals surface area contributed by atoms with Gasteiger partial charge in [-0.2, -0.15) is 13.8 Å². The maximum atomic E-state index is 14.6. The van der Waals surface area contributed by atoms with Crippen LogP contribution in [0.25, 0.3) is 0 Å². The van der Waals surface area contributed by atoms with Crippen LogP contribution in [0, 0.1) is 0 Å². The minimum Gasteiger partial charge on any atom is -0.394 e. The number of alkyl halides is 2. The van der Waals surface area contributed by atoms with E-state index in [9.17, 15) is 18.1 Å². The zero-order chi connectivity index (χ0) is 22.5. The Morgan fingerprint density at radius 1 is 1.22 bits per heavy atom. The SMILES string of the molecule is O=[S@]1CC(F)(F)c2nc(N3CCC(c4ncc(Cl)cn4)CC3)nc(NC3(CO)CCC3)c21. The molecule has 0 bridgehead atoms. The lowest BCUT2D eigenvalue weighted by Crippen LogP contribution is -2.49. The van der Waals surface area contributed by atoms with E-state index in [1.54, 1.807) is 12.4 Å². The highest BCUT2D eigenvalue weighted by Gasteiger charge is 2.49. The van der Waals surface area contributed by atoms with Gasteiger partial charge >= 0.3 is 5.92 Å². The van der Waals surface area contributed by atoms with Gasteiger partial charge in [0, 0.05) is 31.4 Å². The van der Waals surface area contributed by atoms with Gasteiger partial charge in [0.2, 0.25) is 5.95 Å². The fraction of sp³-hybridized carbons (Fsp3) is 0.600. The summed E-state index contributed by atoms with van der Waals surface area (Å²) in [6.45, 7) is 0.958. The summed E-state index contributed by atoms with van der Waals surface area (Å²) >= 11 is 5.86. The first kappa shape index (κ1) is 21.8. The third-order valence-electron chi connectivity index (χ3n) is 6.52. The number of aliphatic hydroxyl groups is 1. The highest BCUT2D eigenvalue weighted by Crippen LogP contribution is 2.45. The van der Waals surface area contributed by atoms with Crippen molar-refractivity contribution in [3.63, 3.8) is 0 Å². The van der Waals surface area contributed by atoms with Crippen molar-refractivity contribution in [2.45, 2.75) is 54.4 Å². The number of hydrogen-bond acceptors (Lipinski definition) is 8. The second-order valence-corrected chi connectivity index (χ2v) is 10.5. The van der Waals surface area contributed by atoms with E-state index in [0.29, 0.717) is 49.6 Å². The normalized spacial score (nSPS) is 24.1. The Bertz CT molecular complexity index is 1040. The maximum Gasteiger partial charge on any atom is 0.302 e. The number of aromatic nitrogens is 4. The smallest absolute Gasteiger partial charge is 0.302 e. The minimum absolute atomic E-state index is 0.0390. The highest BCUT2D eigenvalue weighted by atomic mass is 35.5. The van der Waals surface area contributed by atoms with Crippen LogP contribution in [-0.4, -0.2) is 60.2 Å². The number of halogens is 3. The number of nitrogens with zero attached hydrogens (tertiary/aromatic N) is 5. The number of piperidine rings is 1. The molecule has 1 aliphatic carbocycles. The monoisotopic (exact) mass is 484 g/mol. The van der Waals surface area contributed by atoms with E-state index in [4.69, 9.17) is 11.6 Å². The second kappa shape index (κ2) is 8.11. The molecule has 0 spiro atoms. The lowest BCUT2D eigenvalue weighted by Gasteiger charge is -2.42. The molecule has 1 atom stereocenters. The van der Waals surface area contributed by atoms with Gasteiger partial charge in [0.15, 0.2) is 0 Å². The molecule has 5 rings (SSSR count). The van der Waals surface area contributed by atoms with Gasteiger partial charge in [-0.05, 0) is 32.1 Å². The molecule has 172 valence electrons. The van der Waals surface area contributed by atoms with Crippen molar-refractivity contribution in [3.8, 4) is 0 Å². The van der Waals surface area contributed by atoms with Crippen LogP contribution in [0.15, 0.2) is 17.3 Å². The summed E-state index contributed by atoms with van der Waals surface area (Å²) in [7, 11) is -1.90. The van der Waals surface area contributed by atoms with Crippen LogP contribution < -0.4 is 10.2 Å². The fourth-order valence-corrected chi connectivity index (χ4v) is 5.91. The lowest BCUT2D eigenvalue weighted by molar-refractivity contribution is 0.0191. The number of rotatable bonds is 5. The average molecular weight is 485 g/mol. The van der Waals surface area contributed by atoms with Crippen LogP contribution in [0.3, 0.4) is 0 Å². The fourth-order valence-electron chi connectivity index (χ4n) is 4.48. The predicted octanol–water partition coefficient (Wildman–Crippen LogP) is 2.84. The first-order valence-corrected chi connectivity index (χ1v) is 12.3. The summed E-state index contributed by atoms with van der Waals surface area (Å²) in [6.07, 6.45) is 6.89. The summed E-state index contributed by atoms with van der Waals surface area (Å²) in [5.74, 6) is -2.89. The maximum absolute atomic E-state index is 14.6. The molecule has 0 unspecified atom stereocenters. The molecule has 2 fully saturated rings. The first-order chi connectivity index (χ1) is 15.3. The molecular formula is C20H23ClF2N6O2S. The van der Waals surface area contributed by atoms with Gasteiger partial charge in [-0.25, -0.2) is 15.0 Å². The quantitative estimate of drug-likeness (QED) is 0.667. The van der Waals surface area contributed by atoms with E-state index >= 15 is 0 Å². The lowest BCUT2D eigenvalue weighted by atomic mass is 9.77. The van der Waals surface area contributed by atoms with Crippen molar-refractivity contribution in [3.05, 3.63) is 28.9 Å². The Morgan fingerprint density at radius 3 is 2.50 bits per heavy atom. The number of fused-ring (bicyclic) bond motifs is 1. The molecule has 32 heavy (non-hydrogen) atoms. The molecular weight excluding hydrogens is 462 g/mol. The van der Waals surface area contributed by atoms with Gasteiger partial charge in [0.05, 0.1) is 33.7 Å². The molecule has 1 saturated heterocycles. The van der Waals surface area contributed by atoms with Crippen molar-refractivity contribution < 1.29 is 18.1 Å². The van der Waals surface area contributed by atoms with Gasteiger partial charge in [-0.1, -0.05) is 11.6 Å². The first-order valence-electron chi connectivity index (χ1n) is 10.6. The van der Waals surface area contributed by atoms with Crippen molar-refractivity contribution in [2.75, 3.05) is 35.7 Å². The molecule has 12 heteroatoms. The Morgan fingerprint density at radius 2 is 1.91 bits per heavy atom. The Hall–Kier alpha value is -1.98. The van der Waals surface area contributed by atoms with Gasteiger partial charge < -0.3 is 15.3 Å². The molecule has 0 aromatic carbocycles. The molecule has 0 amide bonds. The number of hydrogen-bond donors (Lipinski definition) is 2. The van der Waals surface area contributed by atoms with E-state index in [0.717, 1.165) is 6.42 Å². The third kappa shape index (κ3) is 3.84. The van der Waals surface area contributed by atoms with Crippen LogP contribution in [0.1, 0.15) is 49.5 Å². The molecule has 2 aromatic heterocycles. The molecule has 1 saturated carbocycles. The molecule has 4 heterocycles. The van der Waals surface area contributed by atoms with E-state index in [-0.39, 0.29) is 29.2 Å². The van der Waals surface area contributed by atoms with Gasteiger partial charge in [0.1, 0.15) is 22.2 Å². The zero-order valence-electron chi connectivity index (χ0n) is 17.2. The summed E-state index contributed by atoms with van der Waals surface area (Å²) < 4.78 is 41.8. The topological polar surface area (TPSA) is 104 Å². The molecule has 8 nitrogen and oxygen atoms in total. The standard InChI is InChI=1S/C20H23ClF2N6O2S/c21-13-8-24-16(25-9-13)12-2-6-29(7-3-12)18-26-15-14(32(31)11-20(15,22)23)17(27-18)28-19(10-30)4-1-5-19/h8-9,12,30H,1-7,10-11H2,(H,26,27,28)/t32-/m0/s1. The minimum atomic E-state index is -3.28. The number of anilines is 2. The van der Waals surface area contributed by atoms with Crippen molar-refractivity contribution in [1.29, 1.82) is 0 Å². The van der Waals surface area contributed by atoms with E-state index in [1.165, 1.54) is 0 Å². The van der Waals surface area contributed by atoms with Crippen molar-refractivity contribution in [1.82, 2.24) is 19.9 Å². The molecule has 3 aliphatic rings. The summed E-state index contributed by atoms with van der Waals surface area (Å²) in [5, 5.41) is 13.4. The number of nitrogens with one attached hydrogen (secondary N) is 1. The zero-order valence-corrected chi connectivity index (χ0v) is 18.8. The third-order valence-corrected chi connectivity index (χ3v) is 8.18. The molecule has 0 radical (unpaired) electrons. The molecule has 2 aliphatic heterocycles. The van der Waals surface area contributed by atoms with Crippen molar-refractivity contribution in [2.24, 2.45) is 0 Å². The van der Waals surface area contributed by atoms with Gasteiger partial charge in [-0.15, -0.1) is 0 Å². The van der Waals surface area contributed by atoms with Crippen LogP contribution in [0.4, 0.5) is 20.5 Å². The van der Waals surface area contributed by atoms with Crippen LogP contribution in [-0.2, 0) is 16.7 Å². The Labute approximate surface area is 191 Å². The molecule has 2 N–H and O–H groups in total. The van der Waals surface area contributed by atoms with E-state index in [2.05, 4.69) is 25.3 Å². The summed E-state index contributed by atoms with van der Waals surface area (Å²) in [6, 6.07) is 0. The van der Waals surface area contributed by atoms with Crippen LogP contribution in [0.5, 0.6) is 0 Å². The van der Waals surface area contributed by atoms with Gasteiger partial charge in [0.25, 0.3) is 0 Å². The average Bonchev–Trinajstić information content (AvgIpc) is 2.99. The Balaban J connectivity index is 1.43. The van der Waals surface area contributed by atoms with E-state index in [1.807, 2.05) is 4.90 Å². The summed E-state index contributed by atoms with van der Waals surface area (Å²) in [5.41, 5.74) is -1.08.